The van der Waals surface area contributed by atoms with Gasteiger partial charge in [-0.1, -0.05) is 0 Å². The lowest BCUT2D eigenvalue weighted by atomic mass is 10.2. The van der Waals surface area contributed by atoms with Crippen LogP contribution in [0.5, 0.6) is 0 Å². The lowest BCUT2D eigenvalue weighted by molar-refractivity contribution is -0.00461. The molecule has 0 aromatic heterocycles. The van der Waals surface area contributed by atoms with Gasteiger partial charge in [0.25, 0.3) is 0 Å². The number of aliphatic hydroxyl groups is 1. The molecule has 0 bridgehead atoms. The molecule has 5 nitrogen and oxygen atoms in total. The minimum atomic E-state index is 0.0307. The van der Waals surface area contributed by atoms with Gasteiger partial charge in [-0.05, 0) is 6.42 Å². The van der Waals surface area contributed by atoms with Gasteiger partial charge in [-0.2, -0.15) is 0 Å². The molecule has 0 saturated carbocycles. The van der Waals surface area contributed by atoms with Gasteiger partial charge in [0.15, 0.2) is 0 Å². The Kier molecular flexibility index (Phi) is 5.49. The zero-order valence-electron chi connectivity index (χ0n) is 9.56. The summed E-state index contributed by atoms with van der Waals surface area (Å²) in [6, 6.07) is 0.0307. The van der Waals surface area contributed by atoms with Crippen LogP contribution in [0.3, 0.4) is 0 Å². The molecule has 1 heterocycles. The highest BCUT2D eigenvalue weighted by atomic mass is 16.5. The maximum atomic E-state index is 8.76. The minimum absolute atomic E-state index is 0.0307. The highest BCUT2D eigenvalue weighted by molar-refractivity contribution is 4.87. The third-order valence-corrected chi connectivity index (χ3v) is 2.89. The van der Waals surface area contributed by atoms with Gasteiger partial charge in [0.05, 0.1) is 12.2 Å². The fourth-order valence-electron chi connectivity index (χ4n) is 2.01. The molecule has 90 valence electrons. The lowest BCUT2D eigenvalue weighted by Crippen LogP contribution is -2.37. The van der Waals surface area contributed by atoms with E-state index in [4.69, 9.17) is 20.3 Å². The standard InChI is InChI=1S/C10H22N2O3/c1-14-9-6-12(7-10(9)15-2)5-8(11)3-4-13/h8-10,13H,3-7,11H2,1-2H3. The molecule has 1 saturated heterocycles. The van der Waals surface area contributed by atoms with Crippen molar-refractivity contribution in [2.75, 3.05) is 40.5 Å². The molecule has 3 N–H and O–H groups in total. The van der Waals surface area contributed by atoms with Crippen molar-refractivity contribution in [3.8, 4) is 0 Å². The first-order valence-corrected chi connectivity index (χ1v) is 5.35. The second-order valence-corrected chi connectivity index (χ2v) is 4.04. The van der Waals surface area contributed by atoms with E-state index in [9.17, 15) is 0 Å². The Labute approximate surface area is 91.1 Å². The van der Waals surface area contributed by atoms with Crippen LogP contribution in [0.2, 0.25) is 0 Å². The lowest BCUT2D eigenvalue weighted by Gasteiger charge is -2.19. The van der Waals surface area contributed by atoms with Crippen LogP contribution in [0.1, 0.15) is 6.42 Å². The number of likely N-dealkylation sites (tertiary alicyclic amines) is 1. The van der Waals surface area contributed by atoms with E-state index in [1.807, 2.05) is 0 Å². The summed E-state index contributed by atoms with van der Waals surface area (Å²) in [5, 5.41) is 8.76. The zero-order chi connectivity index (χ0) is 11.3. The molecule has 0 radical (unpaired) electrons. The van der Waals surface area contributed by atoms with Crippen LogP contribution in [-0.2, 0) is 9.47 Å². The highest BCUT2D eigenvalue weighted by Gasteiger charge is 2.33. The van der Waals surface area contributed by atoms with Crippen LogP contribution < -0.4 is 5.73 Å². The molecule has 5 heteroatoms. The summed E-state index contributed by atoms with van der Waals surface area (Å²) in [7, 11) is 3.40. The molecule has 1 fully saturated rings. The molecule has 0 aliphatic carbocycles. The van der Waals surface area contributed by atoms with E-state index >= 15 is 0 Å². The summed E-state index contributed by atoms with van der Waals surface area (Å²) in [6.07, 6.45) is 0.916. The van der Waals surface area contributed by atoms with Crippen molar-refractivity contribution < 1.29 is 14.6 Å². The largest absolute Gasteiger partial charge is 0.396 e. The van der Waals surface area contributed by atoms with Gasteiger partial charge in [0, 0.05) is 46.5 Å². The Hall–Kier alpha value is -0.200. The van der Waals surface area contributed by atoms with Gasteiger partial charge in [-0.25, -0.2) is 0 Å². The summed E-state index contributed by atoms with van der Waals surface area (Å²) in [5.74, 6) is 0. The topological polar surface area (TPSA) is 68.0 Å². The molecule has 15 heavy (non-hydrogen) atoms. The van der Waals surface area contributed by atoms with E-state index in [-0.39, 0.29) is 24.9 Å². The van der Waals surface area contributed by atoms with Crippen molar-refractivity contribution in [2.45, 2.75) is 24.7 Å². The van der Waals surface area contributed by atoms with Gasteiger partial charge < -0.3 is 20.3 Å². The number of rotatable bonds is 6. The van der Waals surface area contributed by atoms with Crippen LogP contribution in [0, 0.1) is 0 Å². The molecule has 1 aliphatic heterocycles. The summed E-state index contributed by atoms with van der Waals surface area (Å²) in [5.41, 5.74) is 5.85. The third kappa shape index (κ3) is 3.70. The van der Waals surface area contributed by atoms with Gasteiger partial charge in [-0.15, -0.1) is 0 Å². The number of ether oxygens (including phenoxy) is 2. The Bertz CT molecular complexity index is 168. The monoisotopic (exact) mass is 218 g/mol. The fraction of sp³-hybridized carbons (Fsp3) is 1.00. The smallest absolute Gasteiger partial charge is 0.0971 e. The first-order valence-electron chi connectivity index (χ1n) is 5.35. The molecule has 1 aliphatic rings. The van der Waals surface area contributed by atoms with Crippen LogP contribution in [0.4, 0.5) is 0 Å². The van der Waals surface area contributed by atoms with E-state index < -0.39 is 0 Å². The number of methoxy groups -OCH3 is 2. The molecule has 0 spiro atoms. The maximum Gasteiger partial charge on any atom is 0.0971 e. The van der Waals surface area contributed by atoms with Crippen LogP contribution in [0.25, 0.3) is 0 Å². The Morgan fingerprint density at radius 1 is 1.33 bits per heavy atom. The molecule has 0 amide bonds. The number of hydrogen-bond donors (Lipinski definition) is 2. The second-order valence-electron chi connectivity index (χ2n) is 4.04. The van der Waals surface area contributed by atoms with E-state index in [1.165, 1.54) is 0 Å². The Morgan fingerprint density at radius 3 is 2.27 bits per heavy atom. The molecular formula is C10H22N2O3. The number of aliphatic hydroxyl groups excluding tert-OH is 1. The Balaban J connectivity index is 2.33. The summed E-state index contributed by atoms with van der Waals surface area (Å²) >= 11 is 0. The van der Waals surface area contributed by atoms with Crippen molar-refractivity contribution in [1.29, 1.82) is 0 Å². The first kappa shape index (κ1) is 12.9. The summed E-state index contributed by atoms with van der Waals surface area (Å²) in [6.45, 7) is 2.65. The molecule has 3 atom stereocenters. The normalized spacial score (nSPS) is 29.6. The Morgan fingerprint density at radius 2 is 1.87 bits per heavy atom. The van der Waals surface area contributed by atoms with E-state index in [0.29, 0.717) is 6.42 Å². The quantitative estimate of drug-likeness (QED) is 0.601. The molecule has 0 aromatic carbocycles. The summed E-state index contributed by atoms with van der Waals surface area (Å²) < 4.78 is 10.7. The van der Waals surface area contributed by atoms with Crippen molar-refractivity contribution in [2.24, 2.45) is 5.73 Å². The van der Waals surface area contributed by atoms with Gasteiger partial charge >= 0.3 is 0 Å². The minimum Gasteiger partial charge on any atom is -0.396 e. The SMILES string of the molecule is COC1CN(CC(N)CCO)CC1OC. The van der Waals surface area contributed by atoms with E-state index in [0.717, 1.165) is 19.6 Å². The van der Waals surface area contributed by atoms with Gasteiger partial charge in [0.2, 0.25) is 0 Å². The average Bonchev–Trinajstić information content (AvgIpc) is 2.60. The van der Waals surface area contributed by atoms with Crippen molar-refractivity contribution in [3.05, 3.63) is 0 Å². The molecule has 3 unspecified atom stereocenters. The van der Waals surface area contributed by atoms with Gasteiger partial charge in [0.1, 0.15) is 0 Å². The average molecular weight is 218 g/mol. The third-order valence-electron chi connectivity index (χ3n) is 2.89. The maximum absolute atomic E-state index is 8.76. The number of hydrogen-bond acceptors (Lipinski definition) is 5. The predicted octanol–water partition coefficient (Wildman–Crippen LogP) is -0.958. The summed E-state index contributed by atoms with van der Waals surface area (Å²) in [4.78, 5) is 2.22. The zero-order valence-corrected chi connectivity index (χ0v) is 9.56. The second kappa shape index (κ2) is 6.40. The molecule has 1 rings (SSSR count). The van der Waals surface area contributed by atoms with Crippen LogP contribution in [-0.4, -0.2) is 68.7 Å². The predicted molar refractivity (Wildman–Crippen MR) is 57.7 cm³/mol. The van der Waals surface area contributed by atoms with Crippen LogP contribution in [0.15, 0.2) is 0 Å². The number of nitrogens with zero attached hydrogens (tertiary/aromatic N) is 1. The van der Waals surface area contributed by atoms with Crippen molar-refractivity contribution in [3.63, 3.8) is 0 Å². The fourth-order valence-corrected chi connectivity index (χ4v) is 2.01. The van der Waals surface area contributed by atoms with Crippen molar-refractivity contribution in [1.82, 2.24) is 4.90 Å². The van der Waals surface area contributed by atoms with E-state index in [2.05, 4.69) is 4.90 Å². The molecule has 0 aromatic rings. The van der Waals surface area contributed by atoms with Gasteiger partial charge in [-0.3, -0.25) is 4.90 Å². The van der Waals surface area contributed by atoms with Crippen LogP contribution >= 0.6 is 0 Å². The van der Waals surface area contributed by atoms with Crippen molar-refractivity contribution >= 4 is 0 Å². The number of nitrogens with two attached hydrogens (primary N) is 1. The van der Waals surface area contributed by atoms with E-state index in [1.54, 1.807) is 14.2 Å². The first-order chi connectivity index (χ1) is 7.21. The highest BCUT2D eigenvalue weighted by Crippen LogP contribution is 2.15. The molecular weight excluding hydrogens is 196 g/mol.